The summed E-state index contributed by atoms with van der Waals surface area (Å²) in [5.74, 6) is 2.26. The van der Waals surface area contributed by atoms with Gasteiger partial charge in [-0.05, 0) is 24.1 Å². The van der Waals surface area contributed by atoms with E-state index in [4.69, 9.17) is 22.4 Å². The summed E-state index contributed by atoms with van der Waals surface area (Å²) in [7, 11) is 0. The van der Waals surface area contributed by atoms with E-state index in [-0.39, 0.29) is 17.7 Å². The first-order valence-corrected chi connectivity index (χ1v) is 5.04. The lowest BCUT2D eigenvalue weighted by atomic mass is 10.2. The fourth-order valence-corrected chi connectivity index (χ4v) is 1.44. The summed E-state index contributed by atoms with van der Waals surface area (Å²) in [6, 6.07) is 1.55. The third-order valence-corrected chi connectivity index (χ3v) is 2.20. The normalized spacial score (nSPS) is 9.67. The van der Waals surface area contributed by atoms with Crippen molar-refractivity contribution in [3.8, 4) is 12.3 Å². The van der Waals surface area contributed by atoms with Crippen LogP contribution in [0.25, 0.3) is 0 Å². The maximum atomic E-state index is 11.9. The summed E-state index contributed by atoms with van der Waals surface area (Å²) in [4.78, 5) is 13.5. The second kappa shape index (κ2) is 5.47. The Labute approximate surface area is 94.0 Å². The van der Waals surface area contributed by atoms with Crippen molar-refractivity contribution in [2.24, 2.45) is 0 Å². The van der Waals surface area contributed by atoms with Crippen LogP contribution in [-0.2, 0) is 0 Å². The van der Waals surface area contributed by atoms with Crippen LogP contribution in [0.5, 0.6) is 0 Å². The van der Waals surface area contributed by atoms with Gasteiger partial charge in [-0.1, -0.05) is 12.8 Å². The van der Waals surface area contributed by atoms with Gasteiger partial charge in [0.25, 0.3) is 5.91 Å². The Morgan fingerprint density at radius 1 is 1.73 bits per heavy atom. The summed E-state index contributed by atoms with van der Waals surface area (Å²) in [5, 5.41) is 0.109. The van der Waals surface area contributed by atoms with Crippen LogP contribution in [0.2, 0.25) is 5.22 Å². The molecule has 0 spiro atoms. The van der Waals surface area contributed by atoms with E-state index in [2.05, 4.69) is 5.92 Å². The van der Waals surface area contributed by atoms with Gasteiger partial charge in [0.1, 0.15) is 0 Å². The first-order valence-electron chi connectivity index (χ1n) is 4.66. The van der Waals surface area contributed by atoms with Crippen molar-refractivity contribution < 1.29 is 9.21 Å². The number of amides is 1. The van der Waals surface area contributed by atoms with E-state index in [1.165, 1.54) is 6.26 Å². The molecule has 0 unspecified atom stereocenters. The van der Waals surface area contributed by atoms with E-state index in [1.54, 1.807) is 11.0 Å². The highest BCUT2D eigenvalue weighted by molar-refractivity contribution is 6.32. The molecule has 3 nitrogen and oxygen atoms in total. The molecule has 0 bridgehead atoms. The van der Waals surface area contributed by atoms with E-state index in [0.29, 0.717) is 12.1 Å². The van der Waals surface area contributed by atoms with Crippen LogP contribution < -0.4 is 0 Å². The zero-order valence-electron chi connectivity index (χ0n) is 8.50. The minimum Gasteiger partial charge on any atom is -0.452 e. The van der Waals surface area contributed by atoms with Gasteiger partial charge in [0, 0.05) is 6.54 Å². The number of terminal acetylenes is 1. The number of hydrogen-bond acceptors (Lipinski definition) is 2. The lowest BCUT2D eigenvalue weighted by Gasteiger charge is -2.18. The molecule has 1 rings (SSSR count). The van der Waals surface area contributed by atoms with E-state index in [0.717, 1.165) is 6.42 Å². The first-order chi connectivity index (χ1) is 7.20. The molecule has 1 aromatic heterocycles. The van der Waals surface area contributed by atoms with E-state index < -0.39 is 0 Å². The molecule has 0 aromatic carbocycles. The Kier molecular flexibility index (Phi) is 4.26. The highest BCUT2D eigenvalue weighted by Crippen LogP contribution is 2.18. The van der Waals surface area contributed by atoms with Crippen molar-refractivity contribution >= 4 is 17.5 Å². The Morgan fingerprint density at radius 2 is 2.47 bits per heavy atom. The predicted octanol–water partition coefficient (Wildman–Crippen LogP) is 2.42. The fourth-order valence-electron chi connectivity index (χ4n) is 1.25. The molecule has 15 heavy (non-hydrogen) atoms. The zero-order chi connectivity index (χ0) is 11.3. The molecule has 0 fully saturated rings. The molecule has 0 aliphatic heterocycles. The topological polar surface area (TPSA) is 33.5 Å². The van der Waals surface area contributed by atoms with Crippen molar-refractivity contribution in [1.29, 1.82) is 0 Å². The van der Waals surface area contributed by atoms with Gasteiger partial charge in [0.05, 0.1) is 18.4 Å². The van der Waals surface area contributed by atoms with Crippen LogP contribution in [0.15, 0.2) is 16.7 Å². The van der Waals surface area contributed by atoms with E-state index >= 15 is 0 Å². The molecule has 80 valence electrons. The maximum absolute atomic E-state index is 11.9. The molecule has 0 saturated carbocycles. The SMILES string of the molecule is C#CCN(CCC)C(=O)c1ccoc1Cl. The molecule has 1 amide bonds. The Morgan fingerprint density at radius 3 is 2.93 bits per heavy atom. The minimum atomic E-state index is -0.187. The van der Waals surface area contributed by atoms with Crippen LogP contribution in [-0.4, -0.2) is 23.9 Å². The second-order valence-electron chi connectivity index (χ2n) is 3.04. The molecular formula is C11H12ClNO2. The van der Waals surface area contributed by atoms with Crippen molar-refractivity contribution in [3.05, 3.63) is 23.1 Å². The molecule has 0 saturated heterocycles. The quantitative estimate of drug-likeness (QED) is 0.738. The number of carbonyl (C=O) groups excluding carboxylic acids is 1. The minimum absolute atomic E-state index is 0.109. The molecular weight excluding hydrogens is 214 g/mol. The standard InChI is InChI=1S/C11H12ClNO2/c1-3-6-13(7-4-2)11(14)9-5-8-15-10(9)12/h1,5,8H,4,6-7H2,2H3. The van der Waals surface area contributed by atoms with Crippen LogP contribution in [0, 0.1) is 12.3 Å². The van der Waals surface area contributed by atoms with Crippen LogP contribution in [0.1, 0.15) is 23.7 Å². The van der Waals surface area contributed by atoms with Gasteiger partial charge >= 0.3 is 0 Å². The molecule has 1 aromatic rings. The largest absolute Gasteiger partial charge is 0.452 e. The van der Waals surface area contributed by atoms with E-state index in [1.807, 2.05) is 6.92 Å². The van der Waals surface area contributed by atoms with Gasteiger partial charge < -0.3 is 9.32 Å². The number of carbonyl (C=O) groups is 1. The maximum Gasteiger partial charge on any atom is 0.259 e. The Bertz CT molecular complexity index is 378. The Hall–Kier alpha value is -1.40. The van der Waals surface area contributed by atoms with Gasteiger partial charge in [-0.25, -0.2) is 0 Å². The zero-order valence-corrected chi connectivity index (χ0v) is 9.25. The van der Waals surface area contributed by atoms with Gasteiger partial charge in [0.2, 0.25) is 5.22 Å². The number of nitrogens with zero attached hydrogens (tertiary/aromatic N) is 1. The van der Waals surface area contributed by atoms with Crippen molar-refractivity contribution in [2.45, 2.75) is 13.3 Å². The number of hydrogen-bond donors (Lipinski definition) is 0. The first kappa shape index (κ1) is 11.7. The molecule has 0 radical (unpaired) electrons. The third kappa shape index (κ3) is 2.77. The van der Waals surface area contributed by atoms with Crippen LogP contribution in [0.4, 0.5) is 0 Å². The molecule has 0 aliphatic carbocycles. The third-order valence-electron chi connectivity index (χ3n) is 1.91. The van der Waals surface area contributed by atoms with E-state index in [9.17, 15) is 4.79 Å². The summed E-state index contributed by atoms with van der Waals surface area (Å²) in [6.07, 6.45) is 7.42. The molecule has 0 aliphatic rings. The second-order valence-corrected chi connectivity index (χ2v) is 3.38. The summed E-state index contributed by atoms with van der Waals surface area (Å²) < 4.78 is 4.86. The predicted molar refractivity (Wildman–Crippen MR) is 58.7 cm³/mol. The van der Waals surface area contributed by atoms with Gasteiger partial charge in [-0.2, -0.15) is 0 Å². The van der Waals surface area contributed by atoms with Crippen molar-refractivity contribution in [2.75, 3.05) is 13.1 Å². The smallest absolute Gasteiger partial charge is 0.259 e. The van der Waals surface area contributed by atoms with Crippen molar-refractivity contribution in [3.63, 3.8) is 0 Å². The van der Waals surface area contributed by atoms with Crippen LogP contribution >= 0.6 is 11.6 Å². The average molecular weight is 226 g/mol. The highest BCUT2D eigenvalue weighted by atomic mass is 35.5. The van der Waals surface area contributed by atoms with Gasteiger partial charge in [0.15, 0.2) is 0 Å². The average Bonchev–Trinajstić information content (AvgIpc) is 2.63. The number of furan rings is 1. The monoisotopic (exact) mass is 225 g/mol. The highest BCUT2D eigenvalue weighted by Gasteiger charge is 2.18. The number of halogens is 1. The summed E-state index contributed by atoms with van der Waals surface area (Å²) in [5.41, 5.74) is 0.361. The molecule has 0 N–H and O–H groups in total. The van der Waals surface area contributed by atoms with Crippen molar-refractivity contribution in [1.82, 2.24) is 4.90 Å². The molecule has 0 atom stereocenters. The Balaban J connectivity index is 2.81. The number of rotatable bonds is 4. The molecule has 1 heterocycles. The van der Waals surface area contributed by atoms with Gasteiger partial charge in [-0.3, -0.25) is 4.79 Å². The van der Waals surface area contributed by atoms with Gasteiger partial charge in [-0.15, -0.1) is 6.42 Å². The summed E-state index contributed by atoms with van der Waals surface area (Å²) >= 11 is 5.71. The van der Waals surface area contributed by atoms with Crippen LogP contribution in [0.3, 0.4) is 0 Å². The lowest BCUT2D eigenvalue weighted by Crippen LogP contribution is -2.32. The molecule has 4 heteroatoms. The summed E-state index contributed by atoms with van der Waals surface area (Å²) in [6.45, 7) is 2.88. The lowest BCUT2D eigenvalue weighted by molar-refractivity contribution is 0.0776. The fraction of sp³-hybridized carbons (Fsp3) is 0.364.